The van der Waals surface area contributed by atoms with Crippen LogP contribution in [0.25, 0.3) is 0 Å². The minimum absolute atomic E-state index is 0.0873. The van der Waals surface area contributed by atoms with Gasteiger partial charge in [0.2, 0.25) is 6.29 Å². The van der Waals surface area contributed by atoms with E-state index < -0.39 is 29.5 Å². The Labute approximate surface area is 114 Å². The van der Waals surface area contributed by atoms with Crippen molar-refractivity contribution in [3.63, 3.8) is 0 Å². The molecule has 2 rings (SSSR count). The minimum atomic E-state index is -1.26. The zero-order chi connectivity index (χ0) is 14.7. The summed E-state index contributed by atoms with van der Waals surface area (Å²) in [5, 5.41) is 38.9. The van der Waals surface area contributed by atoms with Gasteiger partial charge in [-0.05, 0) is 12.1 Å². The topological polar surface area (TPSA) is 122 Å². The maximum atomic E-state index is 10.5. The summed E-state index contributed by atoms with van der Waals surface area (Å²) in [6.45, 7) is -0.302. The van der Waals surface area contributed by atoms with Gasteiger partial charge in [-0.2, -0.15) is 0 Å². The second-order valence-electron chi connectivity index (χ2n) is 4.47. The zero-order valence-electron chi connectivity index (χ0n) is 10.5. The Morgan fingerprint density at radius 2 is 2.00 bits per heavy atom. The van der Waals surface area contributed by atoms with E-state index in [4.69, 9.17) is 14.6 Å². The molecule has 1 aliphatic heterocycles. The van der Waals surface area contributed by atoms with E-state index in [1.807, 2.05) is 0 Å². The summed E-state index contributed by atoms with van der Waals surface area (Å²) in [5.41, 5.74) is -0.0873. The molecule has 1 aromatic carbocycles. The van der Waals surface area contributed by atoms with Gasteiger partial charge in [0.05, 0.1) is 23.7 Å². The first-order valence-electron chi connectivity index (χ1n) is 6.05. The average molecular weight is 285 g/mol. The Kier molecular flexibility index (Phi) is 4.50. The van der Waals surface area contributed by atoms with Gasteiger partial charge in [-0.25, -0.2) is 0 Å². The number of ether oxygens (including phenoxy) is 2. The molecule has 0 aliphatic carbocycles. The van der Waals surface area contributed by atoms with Crippen LogP contribution < -0.4 is 4.74 Å². The highest BCUT2D eigenvalue weighted by Gasteiger charge is 2.38. The first-order valence-corrected chi connectivity index (χ1v) is 6.05. The van der Waals surface area contributed by atoms with Crippen LogP contribution in [0, 0.1) is 10.1 Å². The fraction of sp³-hybridized carbons (Fsp3) is 0.500. The van der Waals surface area contributed by atoms with E-state index in [2.05, 4.69) is 0 Å². The normalized spacial score (nSPS) is 29.9. The molecular formula is C12H15NO7. The number of nitro groups is 1. The molecule has 0 aromatic heterocycles. The van der Waals surface area contributed by atoms with Gasteiger partial charge in [-0.1, -0.05) is 0 Å². The lowest BCUT2D eigenvalue weighted by atomic mass is 10.0. The van der Waals surface area contributed by atoms with Gasteiger partial charge in [-0.15, -0.1) is 0 Å². The molecule has 0 bridgehead atoms. The maximum absolute atomic E-state index is 10.5. The van der Waals surface area contributed by atoms with E-state index in [0.717, 1.165) is 0 Å². The second-order valence-corrected chi connectivity index (χ2v) is 4.47. The summed E-state index contributed by atoms with van der Waals surface area (Å²) in [6.07, 6.45) is -3.98. The Hall–Kier alpha value is -1.74. The number of nitro benzene ring substituents is 1. The number of hydrogen-bond acceptors (Lipinski definition) is 7. The van der Waals surface area contributed by atoms with Crippen LogP contribution in [0.1, 0.15) is 6.42 Å². The predicted octanol–water partition coefficient (Wildman–Crippen LogP) is -0.197. The highest BCUT2D eigenvalue weighted by molar-refractivity contribution is 5.36. The Morgan fingerprint density at radius 3 is 2.55 bits per heavy atom. The van der Waals surface area contributed by atoms with Crippen molar-refractivity contribution in [2.75, 3.05) is 6.61 Å². The van der Waals surface area contributed by atoms with Gasteiger partial charge in [0.1, 0.15) is 11.9 Å². The molecule has 4 atom stereocenters. The fourth-order valence-electron chi connectivity index (χ4n) is 1.91. The summed E-state index contributed by atoms with van der Waals surface area (Å²) in [4.78, 5) is 9.98. The molecule has 1 aromatic rings. The van der Waals surface area contributed by atoms with Crippen molar-refractivity contribution in [2.45, 2.75) is 31.0 Å². The molecule has 8 heteroatoms. The van der Waals surface area contributed by atoms with Crippen molar-refractivity contribution in [2.24, 2.45) is 0 Å². The highest BCUT2D eigenvalue weighted by Crippen LogP contribution is 2.25. The van der Waals surface area contributed by atoms with Gasteiger partial charge >= 0.3 is 0 Å². The number of rotatable bonds is 4. The molecule has 0 radical (unpaired) electrons. The standard InChI is InChI=1S/C12H15NO7/c14-6-9-5-10(15)11(16)12(20-9)19-8-3-1-7(2-4-8)13(17)18/h1-4,9-12,14-16H,5-6H2/t9-,10-,11-,12-/m0/s1. The van der Waals surface area contributed by atoms with Crippen molar-refractivity contribution in [1.82, 2.24) is 0 Å². The van der Waals surface area contributed by atoms with Crippen LogP contribution in [0.5, 0.6) is 5.75 Å². The van der Waals surface area contributed by atoms with Gasteiger partial charge in [-0.3, -0.25) is 10.1 Å². The summed E-state index contributed by atoms with van der Waals surface area (Å²) in [5.74, 6) is 0.255. The lowest BCUT2D eigenvalue weighted by Crippen LogP contribution is -2.51. The van der Waals surface area contributed by atoms with E-state index in [1.54, 1.807) is 0 Å². The smallest absolute Gasteiger partial charge is 0.269 e. The number of aliphatic hydroxyl groups is 3. The molecule has 20 heavy (non-hydrogen) atoms. The summed E-state index contributed by atoms with van der Waals surface area (Å²) in [7, 11) is 0. The summed E-state index contributed by atoms with van der Waals surface area (Å²) >= 11 is 0. The highest BCUT2D eigenvalue weighted by atomic mass is 16.7. The van der Waals surface area contributed by atoms with E-state index in [9.17, 15) is 20.3 Å². The van der Waals surface area contributed by atoms with Gasteiger partial charge < -0.3 is 24.8 Å². The molecule has 0 amide bonds. The quantitative estimate of drug-likeness (QED) is 0.517. The van der Waals surface area contributed by atoms with Gasteiger partial charge in [0.25, 0.3) is 5.69 Å². The van der Waals surface area contributed by atoms with Crippen LogP contribution >= 0.6 is 0 Å². The van der Waals surface area contributed by atoms with Crippen LogP contribution in [0.15, 0.2) is 24.3 Å². The Morgan fingerprint density at radius 1 is 1.35 bits per heavy atom. The molecular weight excluding hydrogens is 270 g/mol. The molecule has 110 valence electrons. The molecule has 0 saturated carbocycles. The number of non-ortho nitro benzene ring substituents is 1. The predicted molar refractivity (Wildman–Crippen MR) is 66.1 cm³/mol. The zero-order valence-corrected chi connectivity index (χ0v) is 10.5. The van der Waals surface area contributed by atoms with E-state index in [1.165, 1.54) is 24.3 Å². The first kappa shape index (κ1) is 14.7. The SMILES string of the molecule is O=[N+]([O-])c1ccc(O[C@H]2O[C@H](CO)C[C@H](O)[C@@H]2O)cc1. The van der Waals surface area contributed by atoms with Gasteiger partial charge in [0, 0.05) is 18.6 Å². The molecule has 1 saturated heterocycles. The van der Waals surface area contributed by atoms with Crippen LogP contribution in [-0.2, 0) is 4.74 Å². The molecule has 1 aliphatic rings. The van der Waals surface area contributed by atoms with Gasteiger partial charge in [0.15, 0.2) is 0 Å². The Bertz CT molecular complexity index is 463. The number of nitrogens with zero attached hydrogens (tertiary/aromatic N) is 1. The molecule has 8 nitrogen and oxygen atoms in total. The minimum Gasteiger partial charge on any atom is -0.462 e. The second kappa shape index (κ2) is 6.14. The third-order valence-corrected chi connectivity index (χ3v) is 3.01. The van der Waals surface area contributed by atoms with E-state index in [-0.39, 0.29) is 24.5 Å². The monoisotopic (exact) mass is 285 g/mol. The molecule has 0 unspecified atom stereocenters. The lowest BCUT2D eigenvalue weighted by Gasteiger charge is -2.36. The van der Waals surface area contributed by atoms with Crippen LogP contribution in [0.3, 0.4) is 0 Å². The summed E-state index contributed by atoms with van der Waals surface area (Å²) in [6, 6.07) is 5.24. The van der Waals surface area contributed by atoms with Crippen LogP contribution in [0.2, 0.25) is 0 Å². The van der Waals surface area contributed by atoms with Crippen molar-refractivity contribution >= 4 is 5.69 Å². The van der Waals surface area contributed by atoms with E-state index >= 15 is 0 Å². The van der Waals surface area contributed by atoms with Crippen molar-refractivity contribution in [3.8, 4) is 5.75 Å². The van der Waals surface area contributed by atoms with Crippen LogP contribution in [0.4, 0.5) is 5.69 Å². The fourth-order valence-corrected chi connectivity index (χ4v) is 1.91. The van der Waals surface area contributed by atoms with E-state index in [0.29, 0.717) is 0 Å². The lowest BCUT2D eigenvalue weighted by molar-refractivity contribution is -0.384. The third-order valence-electron chi connectivity index (χ3n) is 3.01. The molecule has 1 fully saturated rings. The largest absolute Gasteiger partial charge is 0.462 e. The average Bonchev–Trinajstić information content (AvgIpc) is 2.44. The molecule has 0 spiro atoms. The van der Waals surface area contributed by atoms with Crippen molar-refractivity contribution < 1.29 is 29.7 Å². The molecule has 1 heterocycles. The summed E-state index contributed by atoms with van der Waals surface area (Å²) < 4.78 is 10.6. The molecule has 3 N–H and O–H groups in total. The number of benzene rings is 1. The number of aliphatic hydroxyl groups excluding tert-OH is 3. The Balaban J connectivity index is 2.05. The van der Waals surface area contributed by atoms with Crippen molar-refractivity contribution in [3.05, 3.63) is 34.4 Å². The maximum Gasteiger partial charge on any atom is 0.269 e. The van der Waals surface area contributed by atoms with Crippen molar-refractivity contribution in [1.29, 1.82) is 0 Å². The third kappa shape index (κ3) is 3.23. The number of hydrogen-bond donors (Lipinski definition) is 3. The first-order chi connectivity index (χ1) is 9.51. The van der Waals surface area contributed by atoms with Crippen LogP contribution in [-0.4, -0.2) is 51.5 Å².